The standard InChI is InChI=1S/C14H33NO3Si3/c1-19(2,3)15-11-12(17-20(4,5)6)10-13(15)14(16)18-21(7,8)9/h12-13H,10-11H2,1-9H3/t12-,13+/m1/s1. The summed E-state index contributed by atoms with van der Waals surface area (Å²) in [6.45, 7) is 20.6. The average molecular weight is 348 g/mol. The van der Waals surface area contributed by atoms with Crippen molar-refractivity contribution in [2.24, 2.45) is 0 Å². The fraction of sp³-hybridized carbons (Fsp3) is 0.929. The van der Waals surface area contributed by atoms with Gasteiger partial charge in [0.2, 0.25) is 8.32 Å². The second-order valence-electron chi connectivity index (χ2n) is 8.96. The van der Waals surface area contributed by atoms with Crippen LogP contribution in [-0.2, 0) is 13.6 Å². The Labute approximate surface area is 133 Å². The normalized spacial score (nSPS) is 25.2. The number of hydrogen-bond donors (Lipinski definition) is 0. The Morgan fingerprint density at radius 2 is 1.48 bits per heavy atom. The first kappa shape index (κ1) is 19.1. The molecule has 1 aliphatic rings. The van der Waals surface area contributed by atoms with E-state index in [1.54, 1.807) is 0 Å². The third-order valence-electron chi connectivity index (χ3n) is 3.32. The zero-order valence-corrected chi connectivity index (χ0v) is 18.2. The Bertz CT molecular complexity index is 382. The van der Waals surface area contributed by atoms with Gasteiger partial charge in [-0.1, -0.05) is 19.6 Å². The van der Waals surface area contributed by atoms with Crippen molar-refractivity contribution in [3.05, 3.63) is 0 Å². The van der Waals surface area contributed by atoms with Crippen LogP contribution >= 0.6 is 0 Å². The lowest BCUT2D eigenvalue weighted by Crippen LogP contribution is -2.53. The Balaban J connectivity index is 2.86. The molecule has 0 unspecified atom stereocenters. The molecule has 0 saturated carbocycles. The molecule has 0 bridgehead atoms. The molecule has 0 aromatic rings. The third-order valence-corrected chi connectivity index (χ3v) is 7.39. The van der Waals surface area contributed by atoms with Gasteiger partial charge in [-0.25, -0.2) is 0 Å². The number of rotatable bonds is 5. The molecule has 0 amide bonds. The minimum absolute atomic E-state index is 0.0294. The van der Waals surface area contributed by atoms with Crippen LogP contribution in [0.25, 0.3) is 0 Å². The fourth-order valence-corrected chi connectivity index (χ4v) is 6.52. The Morgan fingerprint density at radius 3 is 1.86 bits per heavy atom. The molecule has 1 heterocycles. The van der Waals surface area contributed by atoms with Crippen LogP contribution in [0.4, 0.5) is 0 Å². The van der Waals surface area contributed by atoms with Crippen LogP contribution < -0.4 is 0 Å². The quantitative estimate of drug-likeness (QED) is 0.714. The summed E-state index contributed by atoms with van der Waals surface area (Å²) in [4.78, 5) is 12.6. The van der Waals surface area contributed by atoms with E-state index < -0.39 is 24.9 Å². The minimum atomic E-state index is -1.84. The monoisotopic (exact) mass is 347 g/mol. The summed E-state index contributed by atoms with van der Waals surface area (Å²) in [5.74, 6) is -0.0294. The molecule has 7 heteroatoms. The van der Waals surface area contributed by atoms with Gasteiger partial charge in [0.15, 0.2) is 8.32 Å². The zero-order valence-electron chi connectivity index (χ0n) is 15.2. The summed E-state index contributed by atoms with van der Waals surface area (Å²) >= 11 is 0. The van der Waals surface area contributed by atoms with Gasteiger partial charge >= 0.3 is 5.97 Å². The van der Waals surface area contributed by atoms with Crippen molar-refractivity contribution in [3.63, 3.8) is 0 Å². The topological polar surface area (TPSA) is 38.8 Å². The minimum Gasteiger partial charge on any atom is -0.519 e. The molecule has 4 nitrogen and oxygen atoms in total. The van der Waals surface area contributed by atoms with Crippen LogP contribution in [0.5, 0.6) is 0 Å². The first-order valence-corrected chi connectivity index (χ1v) is 18.1. The first-order chi connectivity index (χ1) is 9.19. The van der Waals surface area contributed by atoms with Gasteiger partial charge in [0, 0.05) is 6.54 Å². The Morgan fingerprint density at radius 1 is 0.952 bits per heavy atom. The summed E-state index contributed by atoms with van der Waals surface area (Å²) in [5.41, 5.74) is 0. The van der Waals surface area contributed by atoms with Crippen molar-refractivity contribution in [1.29, 1.82) is 0 Å². The zero-order chi connectivity index (χ0) is 16.6. The van der Waals surface area contributed by atoms with Crippen LogP contribution in [0.2, 0.25) is 58.9 Å². The largest absolute Gasteiger partial charge is 0.519 e. The highest BCUT2D eigenvalue weighted by Crippen LogP contribution is 2.29. The maximum absolute atomic E-state index is 12.6. The van der Waals surface area contributed by atoms with Crippen molar-refractivity contribution >= 4 is 30.8 Å². The van der Waals surface area contributed by atoms with Gasteiger partial charge in [0.05, 0.1) is 6.10 Å². The van der Waals surface area contributed by atoms with Crippen LogP contribution in [0.1, 0.15) is 6.42 Å². The fourth-order valence-electron chi connectivity index (χ4n) is 2.72. The number of carbonyl (C=O) groups excluding carboxylic acids is 1. The molecule has 1 rings (SSSR count). The van der Waals surface area contributed by atoms with Gasteiger partial charge < -0.3 is 13.4 Å². The lowest BCUT2D eigenvalue weighted by Gasteiger charge is -2.35. The molecule has 1 fully saturated rings. The molecule has 0 aromatic carbocycles. The molecule has 2 atom stereocenters. The van der Waals surface area contributed by atoms with E-state index in [1.165, 1.54) is 0 Å². The maximum atomic E-state index is 12.6. The lowest BCUT2D eigenvalue weighted by molar-refractivity contribution is -0.139. The SMILES string of the molecule is C[Si](C)(C)OC(=O)[C@@H]1C[C@@H](O[Si](C)(C)C)CN1[Si](C)(C)C. The van der Waals surface area contributed by atoms with Crippen LogP contribution in [-0.4, -0.2) is 54.1 Å². The van der Waals surface area contributed by atoms with E-state index in [2.05, 4.69) is 63.5 Å². The van der Waals surface area contributed by atoms with Gasteiger partial charge in [-0.15, -0.1) is 0 Å². The van der Waals surface area contributed by atoms with E-state index in [1.807, 2.05) is 0 Å². The van der Waals surface area contributed by atoms with E-state index >= 15 is 0 Å². The maximum Gasteiger partial charge on any atom is 0.309 e. The molecular weight excluding hydrogens is 314 g/mol. The van der Waals surface area contributed by atoms with E-state index in [4.69, 9.17) is 8.85 Å². The van der Waals surface area contributed by atoms with Crippen LogP contribution in [0.3, 0.4) is 0 Å². The Kier molecular flexibility index (Phi) is 5.70. The van der Waals surface area contributed by atoms with Crippen LogP contribution in [0.15, 0.2) is 0 Å². The van der Waals surface area contributed by atoms with Crippen molar-refractivity contribution in [3.8, 4) is 0 Å². The van der Waals surface area contributed by atoms with Crippen LogP contribution in [0, 0.1) is 0 Å². The highest BCUT2D eigenvalue weighted by molar-refractivity contribution is 6.74. The number of carbonyl (C=O) groups is 1. The molecule has 0 spiro atoms. The smallest absolute Gasteiger partial charge is 0.309 e. The predicted octanol–water partition coefficient (Wildman–Crippen LogP) is 3.49. The van der Waals surface area contributed by atoms with Gasteiger partial charge in [-0.05, 0) is 45.7 Å². The molecule has 1 saturated heterocycles. The summed E-state index contributed by atoms with van der Waals surface area (Å²) in [5, 5.41) is 0. The second kappa shape index (κ2) is 6.27. The summed E-state index contributed by atoms with van der Waals surface area (Å²) < 4.78 is 14.4. The van der Waals surface area contributed by atoms with Crippen molar-refractivity contribution in [2.75, 3.05) is 6.54 Å². The van der Waals surface area contributed by atoms with Crippen molar-refractivity contribution in [1.82, 2.24) is 4.57 Å². The van der Waals surface area contributed by atoms with E-state index in [0.717, 1.165) is 13.0 Å². The molecule has 0 N–H and O–H groups in total. The lowest BCUT2D eigenvalue weighted by atomic mass is 10.2. The number of nitrogens with zero attached hydrogens (tertiary/aromatic N) is 1. The highest BCUT2D eigenvalue weighted by Gasteiger charge is 2.45. The molecule has 0 aliphatic carbocycles. The van der Waals surface area contributed by atoms with Gasteiger partial charge in [-0.3, -0.25) is 4.79 Å². The third kappa shape index (κ3) is 6.35. The molecule has 0 radical (unpaired) electrons. The molecular formula is C14H33NO3Si3. The highest BCUT2D eigenvalue weighted by atomic mass is 28.4. The molecule has 21 heavy (non-hydrogen) atoms. The molecule has 0 aromatic heterocycles. The first-order valence-electron chi connectivity index (χ1n) is 7.86. The molecule has 124 valence electrons. The van der Waals surface area contributed by atoms with Gasteiger partial charge in [-0.2, -0.15) is 0 Å². The van der Waals surface area contributed by atoms with E-state index in [0.29, 0.717) is 0 Å². The van der Waals surface area contributed by atoms with E-state index in [9.17, 15) is 4.79 Å². The van der Waals surface area contributed by atoms with Crippen molar-refractivity contribution < 1.29 is 13.6 Å². The predicted molar refractivity (Wildman–Crippen MR) is 96.1 cm³/mol. The summed E-state index contributed by atoms with van der Waals surface area (Å²) in [6.07, 6.45) is 0.972. The second-order valence-corrected chi connectivity index (χ2v) is 22.8. The van der Waals surface area contributed by atoms with Gasteiger partial charge in [0.1, 0.15) is 14.3 Å². The summed E-state index contributed by atoms with van der Waals surface area (Å²) in [6, 6.07) is -0.107. The Hall–Kier alpha value is 0.0406. The summed E-state index contributed by atoms with van der Waals surface area (Å²) in [7, 11) is -4.97. The number of hydrogen-bond acceptors (Lipinski definition) is 4. The van der Waals surface area contributed by atoms with Crippen molar-refractivity contribution in [2.45, 2.75) is 77.5 Å². The molecule has 1 aliphatic heterocycles. The average Bonchev–Trinajstić information content (AvgIpc) is 2.55. The van der Waals surface area contributed by atoms with E-state index in [-0.39, 0.29) is 18.1 Å². The van der Waals surface area contributed by atoms with Gasteiger partial charge in [0.25, 0.3) is 0 Å².